The maximum absolute atomic E-state index is 12.7. The first-order valence-corrected chi connectivity index (χ1v) is 8.36. The Labute approximate surface area is 124 Å². The van der Waals surface area contributed by atoms with Crippen LogP contribution in [0.15, 0.2) is 15.4 Å². The highest BCUT2D eigenvalue weighted by Crippen LogP contribution is 2.25. The summed E-state index contributed by atoms with van der Waals surface area (Å²) in [6.45, 7) is 4.05. The molecule has 2 heterocycles. The number of nitrogens with zero attached hydrogens (tertiary/aromatic N) is 1. The van der Waals surface area contributed by atoms with Crippen LogP contribution in [0.4, 0.5) is 0 Å². The number of sulfonamides is 1. The van der Waals surface area contributed by atoms with Gasteiger partial charge < -0.3 is 14.5 Å². The van der Waals surface area contributed by atoms with Gasteiger partial charge in [-0.1, -0.05) is 6.92 Å². The van der Waals surface area contributed by atoms with Crippen LogP contribution in [0.2, 0.25) is 0 Å². The van der Waals surface area contributed by atoms with Gasteiger partial charge in [0.1, 0.15) is 10.7 Å². The number of methoxy groups -OCH3 is 1. The summed E-state index contributed by atoms with van der Waals surface area (Å²) in [5, 5.41) is 3.16. The average Bonchev–Trinajstić information content (AvgIpc) is 2.73. The summed E-state index contributed by atoms with van der Waals surface area (Å²) < 4.78 is 36.8. The molecule has 118 valence electrons. The van der Waals surface area contributed by atoms with Crippen LogP contribution in [0.1, 0.15) is 29.7 Å². The second kappa shape index (κ2) is 6.59. The van der Waals surface area contributed by atoms with Crippen molar-refractivity contribution in [3.63, 3.8) is 0 Å². The van der Waals surface area contributed by atoms with Crippen LogP contribution in [-0.2, 0) is 21.2 Å². The molecule has 8 heteroatoms. The molecule has 1 N–H and O–H groups in total. The fraction of sp³-hybridized carbons (Fsp3) is 0.615. The van der Waals surface area contributed by atoms with Gasteiger partial charge in [0.05, 0.1) is 7.11 Å². The highest BCUT2D eigenvalue weighted by molar-refractivity contribution is 7.89. The quantitative estimate of drug-likeness (QED) is 0.819. The number of hydrogen-bond acceptors (Lipinski definition) is 6. The first-order chi connectivity index (χ1) is 10.0. The monoisotopic (exact) mass is 316 g/mol. The Morgan fingerprint density at radius 3 is 2.86 bits per heavy atom. The van der Waals surface area contributed by atoms with Gasteiger partial charge in [-0.25, -0.2) is 13.2 Å². The van der Waals surface area contributed by atoms with E-state index in [0.717, 1.165) is 13.0 Å². The van der Waals surface area contributed by atoms with Crippen LogP contribution in [-0.4, -0.2) is 52.0 Å². The van der Waals surface area contributed by atoms with Crippen LogP contribution < -0.4 is 5.32 Å². The van der Waals surface area contributed by atoms with E-state index in [0.29, 0.717) is 26.1 Å². The Hall–Kier alpha value is -1.38. The normalized spacial score (nSPS) is 17.4. The number of ether oxygens (including phenoxy) is 1. The van der Waals surface area contributed by atoms with Crippen molar-refractivity contribution in [3.05, 3.63) is 17.6 Å². The molecule has 0 bridgehead atoms. The number of aryl methyl sites for hydroxylation is 1. The molecule has 0 aromatic carbocycles. The summed E-state index contributed by atoms with van der Waals surface area (Å²) in [4.78, 5) is 11.6. The summed E-state index contributed by atoms with van der Waals surface area (Å²) in [5.41, 5.74) is 0. The number of carbonyl (C=O) groups is 1. The van der Waals surface area contributed by atoms with Crippen molar-refractivity contribution >= 4 is 16.0 Å². The SMILES string of the molecule is CCc1oc(C(=O)OC)cc1S(=O)(=O)N1CCCNCC1. The van der Waals surface area contributed by atoms with Gasteiger partial charge in [0, 0.05) is 32.1 Å². The molecule has 0 spiro atoms. The molecule has 1 aliphatic rings. The highest BCUT2D eigenvalue weighted by atomic mass is 32.2. The van der Waals surface area contributed by atoms with Gasteiger partial charge in [-0.3, -0.25) is 0 Å². The maximum atomic E-state index is 12.7. The van der Waals surface area contributed by atoms with E-state index in [-0.39, 0.29) is 16.4 Å². The van der Waals surface area contributed by atoms with Crippen LogP contribution >= 0.6 is 0 Å². The maximum Gasteiger partial charge on any atom is 0.373 e. The summed E-state index contributed by atoms with van der Waals surface area (Å²) in [5.74, 6) is -0.475. The first-order valence-electron chi connectivity index (χ1n) is 6.92. The molecule has 0 radical (unpaired) electrons. The number of carbonyl (C=O) groups excluding carboxylic acids is 1. The minimum absolute atomic E-state index is 0.0623. The van der Waals surface area contributed by atoms with Crippen molar-refractivity contribution in [1.82, 2.24) is 9.62 Å². The van der Waals surface area contributed by atoms with Gasteiger partial charge in [-0.05, 0) is 13.0 Å². The van der Waals surface area contributed by atoms with Gasteiger partial charge in [-0.15, -0.1) is 0 Å². The minimum Gasteiger partial charge on any atom is -0.463 e. The number of rotatable bonds is 4. The third kappa shape index (κ3) is 3.28. The molecular weight excluding hydrogens is 296 g/mol. The second-order valence-corrected chi connectivity index (χ2v) is 6.66. The second-order valence-electron chi connectivity index (χ2n) is 4.75. The van der Waals surface area contributed by atoms with Crippen molar-refractivity contribution in [3.8, 4) is 0 Å². The minimum atomic E-state index is -3.66. The largest absolute Gasteiger partial charge is 0.463 e. The molecule has 1 aromatic rings. The van der Waals surface area contributed by atoms with Crippen molar-refractivity contribution in [2.24, 2.45) is 0 Å². The fourth-order valence-corrected chi connectivity index (χ4v) is 3.99. The van der Waals surface area contributed by atoms with Crippen LogP contribution in [0.3, 0.4) is 0 Å². The van der Waals surface area contributed by atoms with E-state index in [1.54, 1.807) is 6.92 Å². The molecular formula is C13H20N2O5S. The molecule has 2 rings (SSSR count). The standard InChI is InChI=1S/C13H20N2O5S/c1-3-10-12(9-11(20-10)13(16)19-2)21(17,18)15-7-4-5-14-6-8-15/h9,14H,3-8H2,1-2H3. The van der Waals surface area contributed by atoms with Crippen LogP contribution in [0, 0.1) is 0 Å². The number of furan rings is 1. The zero-order valence-electron chi connectivity index (χ0n) is 12.2. The van der Waals surface area contributed by atoms with E-state index in [1.807, 2.05) is 0 Å². The van der Waals surface area contributed by atoms with E-state index in [4.69, 9.17) is 4.42 Å². The Bertz CT molecular complexity index is 600. The number of hydrogen-bond donors (Lipinski definition) is 1. The highest BCUT2D eigenvalue weighted by Gasteiger charge is 2.31. The molecule has 7 nitrogen and oxygen atoms in total. The van der Waals surface area contributed by atoms with Gasteiger partial charge in [-0.2, -0.15) is 4.31 Å². The smallest absolute Gasteiger partial charge is 0.373 e. The third-order valence-corrected chi connectivity index (χ3v) is 5.34. The molecule has 1 fully saturated rings. The molecule has 21 heavy (non-hydrogen) atoms. The Morgan fingerprint density at radius 2 is 2.19 bits per heavy atom. The Morgan fingerprint density at radius 1 is 1.43 bits per heavy atom. The van der Waals surface area contributed by atoms with Gasteiger partial charge in [0.2, 0.25) is 15.8 Å². The predicted octanol–water partition coefficient (Wildman–Crippen LogP) is 0.613. The van der Waals surface area contributed by atoms with E-state index >= 15 is 0 Å². The molecule has 0 aliphatic carbocycles. The lowest BCUT2D eigenvalue weighted by molar-refractivity contribution is 0.0563. The molecule has 0 amide bonds. The van der Waals surface area contributed by atoms with Gasteiger partial charge in [0.25, 0.3) is 0 Å². The molecule has 0 atom stereocenters. The van der Waals surface area contributed by atoms with Gasteiger partial charge >= 0.3 is 5.97 Å². The zero-order chi connectivity index (χ0) is 15.5. The van der Waals surface area contributed by atoms with E-state index < -0.39 is 16.0 Å². The van der Waals surface area contributed by atoms with Crippen molar-refractivity contribution < 1.29 is 22.4 Å². The van der Waals surface area contributed by atoms with Crippen molar-refractivity contribution in [2.75, 3.05) is 33.3 Å². The third-order valence-electron chi connectivity index (χ3n) is 3.39. The van der Waals surface area contributed by atoms with Crippen molar-refractivity contribution in [2.45, 2.75) is 24.7 Å². The first kappa shape index (κ1) is 16.0. The van der Waals surface area contributed by atoms with Gasteiger partial charge in [0.15, 0.2) is 0 Å². The molecule has 1 aromatic heterocycles. The van der Waals surface area contributed by atoms with E-state index in [1.165, 1.54) is 17.5 Å². The molecule has 0 saturated carbocycles. The topological polar surface area (TPSA) is 88.8 Å². The van der Waals surface area contributed by atoms with Crippen LogP contribution in [0.5, 0.6) is 0 Å². The predicted molar refractivity (Wildman–Crippen MR) is 75.7 cm³/mol. The molecule has 1 aliphatic heterocycles. The summed E-state index contributed by atoms with van der Waals surface area (Å²) in [6.07, 6.45) is 1.14. The van der Waals surface area contributed by atoms with E-state index in [2.05, 4.69) is 10.1 Å². The Kier molecular flexibility index (Phi) is 5.02. The zero-order valence-corrected chi connectivity index (χ0v) is 13.0. The lowest BCUT2D eigenvalue weighted by Crippen LogP contribution is -2.34. The number of nitrogens with one attached hydrogen (secondary N) is 1. The molecule has 0 unspecified atom stereocenters. The summed E-state index contributed by atoms with van der Waals surface area (Å²) >= 11 is 0. The Balaban J connectivity index is 2.38. The summed E-state index contributed by atoms with van der Waals surface area (Å²) in [6, 6.07) is 1.26. The number of esters is 1. The fourth-order valence-electron chi connectivity index (χ4n) is 2.28. The van der Waals surface area contributed by atoms with Crippen LogP contribution in [0.25, 0.3) is 0 Å². The lowest BCUT2D eigenvalue weighted by Gasteiger charge is -2.19. The summed E-state index contributed by atoms with van der Waals surface area (Å²) in [7, 11) is -2.43. The molecule has 1 saturated heterocycles. The lowest BCUT2D eigenvalue weighted by atomic mass is 10.3. The van der Waals surface area contributed by atoms with Crippen molar-refractivity contribution in [1.29, 1.82) is 0 Å². The average molecular weight is 316 g/mol. The van der Waals surface area contributed by atoms with E-state index in [9.17, 15) is 13.2 Å².